The zero-order chi connectivity index (χ0) is 16.4. The van der Waals surface area contributed by atoms with E-state index in [9.17, 15) is 31.2 Å². The Bertz CT molecular complexity index is 669. The number of rotatable bonds is 6. The van der Waals surface area contributed by atoms with E-state index in [1.54, 1.807) is 0 Å². The minimum atomic E-state index is -4.98. The molecule has 0 aliphatic rings. The fourth-order valence-corrected chi connectivity index (χ4v) is 2.72. The van der Waals surface area contributed by atoms with Crippen molar-refractivity contribution in [2.45, 2.75) is 17.4 Å². The Morgan fingerprint density at radius 1 is 1.24 bits per heavy atom. The molecule has 1 amide bonds. The highest BCUT2D eigenvalue weighted by atomic mass is 32.2. The number of halogens is 3. The molecular formula is C10H9F3N2O5S. The van der Waals surface area contributed by atoms with E-state index >= 15 is 0 Å². The number of carboxylic acid groups (broad SMARTS) is 1. The summed E-state index contributed by atoms with van der Waals surface area (Å²) in [5, 5.41) is 8.73. The van der Waals surface area contributed by atoms with E-state index in [4.69, 9.17) is 10.8 Å². The standard InChI is InChI=1S/C10H9F3N2O5S/c11-4-1-5(12)9(6(13)2-4)21(19,20)15-7(10(17)18)3-8(14)16/h1-2,7,15H,3H2,(H2,14,16)(H,17,18)/t7-/m0/s1. The van der Waals surface area contributed by atoms with Gasteiger partial charge < -0.3 is 10.8 Å². The Morgan fingerprint density at radius 3 is 2.10 bits per heavy atom. The van der Waals surface area contributed by atoms with Crippen LogP contribution in [0.25, 0.3) is 0 Å². The number of sulfonamides is 1. The molecule has 0 bridgehead atoms. The van der Waals surface area contributed by atoms with E-state index in [1.807, 2.05) is 0 Å². The summed E-state index contributed by atoms with van der Waals surface area (Å²) in [7, 11) is -4.98. The maximum Gasteiger partial charge on any atom is 0.322 e. The second-order valence-corrected chi connectivity index (χ2v) is 5.53. The number of nitrogens with two attached hydrogens (primary N) is 1. The van der Waals surface area contributed by atoms with Crippen LogP contribution in [0.4, 0.5) is 13.2 Å². The number of primary amides is 1. The molecule has 0 aliphatic heterocycles. The lowest BCUT2D eigenvalue weighted by Crippen LogP contribution is -2.43. The van der Waals surface area contributed by atoms with Gasteiger partial charge in [-0.2, -0.15) is 4.72 Å². The summed E-state index contributed by atoms with van der Waals surface area (Å²) in [4.78, 5) is 19.9. The van der Waals surface area contributed by atoms with Gasteiger partial charge in [-0.3, -0.25) is 9.59 Å². The van der Waals surface area contributed by atoms with Crippen LogP contribution in [0.5, 0.6) is 0 Å². The summed E-state index contributed by atoms with van der Waals surface area (Å²) in [5.41, 5.74) is 4.73. The smallest absolute Gasteiger partial charge is 0.322 e. The van der Waals surface area contributed by atoms with Crippen LogP contribution in [0.3, 0.4) is 0 Å². The van der Waals surface area contributed by atoms with Crippen LogP contribution in [-0.2, 0) is 19.6 Å². The normalized spacial score (nSPS) is 12.9. The van der Waals surface area contributed by atoms with Crippen molar-refractivity contribution in [1.29, 1.82) is 0 Å². The molecule has 0 aromatic heterocycles. The second-order valence-electron chi connectivity index (χ2n) is 3.88. The Labute approximate surface area is 116 Å². The molecule has 0 heterocycles. The number of aliphatic carboxylic acids is 1. The quantitative estimate of drug-likeness (QED) is 0.662. The summed E-state index contributed by atoms with van der Waals surface area (Å²) in [5.74, 6) is -7.77. The van der Waals surface area contributed by atoms with Gasteiger partial charge in [-0.25, -0.2) is 21.6 Å². The van der Waals surface area contributed by atoms with E-state index in [-0.39, 0.29) is 12.1 Å². The molecule has 7 nitrogen and oxygen atoms in total. The summed E-state index contributed by atoms with van der Waals surface area (Å²) < 4.78 is 64.4. The monoisotopic (exact) mass is 326 g/mol. The van der Waals surface area contributed by atoms with E-state index in [1.165, 1.54) is 4.72 Å². The van der Waals surface area contributed by atoms with Crippen molar-refractivity contribution in [2.24, 2.45) is 5.73 Å². The van der Waals surface area contributed by atoms with Gasteiger partial charge >= 0.3 is 5.97 Å². The van der Waals surface area contributed by atoms with Crippen molar-refractivity contribution < 1.29 is 36.3 Å². The lowest BCUT2D eigenvalue weighted by molar-refractivity contribution is -0.140. The predicted octanol–water partition coefficient (Wildman–Crippen LogP) is -0.289. The molecule has 1 atom stereocenters. The Kier molecular flexibility index (Phi) is 4.91. The van der Waals surface area contributed by atoms with Crippen LogP contribution in [0.1, 0.15) is 6.42 Å². The van der Waals surface area contributed by atoms with E-state index in [2.05, 4.69) is 0 Å². The molecule has 0 saturated heterocycles. The van der Waals surface area contributed by atoms with Crippen molar-refractivity contribution in [3.63, 3.8) is 0 Å². The van der Waals surface area contributed by atoms with Crippen molar-refractivity contribution in [3.8, 4) is 0 Å². The Balaban J connectivity index is 3.23. The lowest BCUT2D eigenvalue weighted by atomic mass is 10.2. The van der Waals surface area contributed by atoms with Gasteiger partial charge in [0.2, 0.25) is 15.9 Å². The van der Waals surface area contributed by atoms with E-state index in [0.717, 1.165) is 0 Å². The van der Waals surface area contributed by atoms with E-state index in [0.29, 0.717) is 0 Å². The number of nitrogens with one attached hydrogen (secondary N) is 1. The minimum absolute atomic E-state index is 0.113. The van der Waals surface area contributed by atoms with Gasteiger partial charge in [-0.05, 0) is 0 Å². The van der Waals surface area contributed by atoms with Crippen molar-refractivity contribution in [2.75, 3.05) is 0 Å². The van der Waals surface area contributed by atoms with Crippen molar-refractivity contribution >= 4 is 21.9 Å². The molecule has 0 radical (unpaired) electrons. The van der Waals surface area contributed by atoms with Crippen LogP contribution >= 0.6 is 0 Å². The molecule has 1 aromatic carbocycles. The van der Waals surface area contributed by atoms with Crippen LogP contribution < -0.4 is 10.5 Å². The third-order valence-electron chi connectivity index (χ3n) is 2.23. The Hall–Kier alpha value is -2.14. The lowest BCUT2D eigenvalue weighted by Gasteiger charge is -2.14. The first kappa shape index (κ1) is 16.9. The number of hydrogen-bond donors (Lipinski definition) is 3. The summed E-state index contributed by atoms with van der Waals surface area (Å²) in [6.45, 7) is 0. The first-order valence-electron chi connectivity index (χ1n) is 5.22. The largest absolute Gasteiger partial charge is 0.480 e. The molecule has 0 spiro atoms. The molecule has 11 heteroatoms. The van der Waals surface area contributed by atoms with Crippen LogP contribution in [0.15, 0.2) is 17.0 Å². The SMILES string of the molecule is NC(=O)C[C@H](NS(=O)(=O)c1c(F)cc(F)cc1F)C(=O)O. The van der Waals surface area contributed by atoms with Gasteiger partial charge in [-0.15, -0.1) is 0 Å². The average Bonchev–Trinajstić information content (AvgIpc) is 2.24. The van der Waals surface area contributed by atoms with Gasteiger partial charge in [0.15, 0.2) is 4.90 Å². The molecule has 21 heavy (non-hydrogen) atoms. The minimum Gasteiger partial charge on any atom is -0.480 e. The number of amides is 1. The predicted molar refractivity (Wildman–Crippen MR) is 61.9 cm³/mol. The molecule has 0 saturated carbocycles. The van der Waals surface area contributed by atoms with E-state index < -0.39 is 56.7 Å². The van der Waals surface area contributed by atoms with Gasteiger partial charge in [0, 0.05) is 12.1 Å². The highest BCUT2D eigenvalue weighted by Gasteiger charge is 2.31. The Morgan fingerprint density at radius 2 is 1.71 bits per heavy atom. The zero-order valence-corrected chi connectivity index (χ0v) is 11.0. The molecule has 1 rings (SSSR count). The number of carboxylic acids is 1. The first-order valence-corrected chi connectivity index (χ1v) is 6.71. The molecular weight excluding hydrogens is 317 g/mol. The first-order chi connectivity index (χ1) is 9.54. The summed E-state index contributed by atoms with van der Waals surface area (Å²) >= 11 is 0. The molecule has 0 fully saturated rings. The third-order valence-corrected chi connectivity index (χ3v) is 3.75. The fourth-order valence-electron chi connectivity index (χ4n) is 1.41. The number of hydrogen-bond acceptors (Lipinski definition) is 4. The number of benzene rings is 1. The van der Waals surface area contributed by atoms with Crippen molar-refractivity contribution in [3.05, 3.63) is 29.6 Å². The van der Waals surface area contributed by atoms with Gasteiger partial charge in [-0.1, -0.05) is 0 Å². The molecule has 116 valence electrons. The van der Waals surface area contributed by atoms with Crippen LogP contribution in [0, 0.1) is 17.5 Å². The zero-order valence-electron chi connectivity index (χ0n) is 10.1. The van der Waals surface area contributed by atoms with Gasteiger partial charge in [0.05, 0.1) is 6.42 Å². The van der Waals surface area contributed by atoms with Crippen molar-refractivity contribution in [1.82, 2.24) is 4.72 Å². The highest BCUT2D eigenvalue weighted by molar-refractivity contribution is 7.89. The average molecular weight is 326 g/mol. The topological polar surface area (TPSA) is 127 Å². The molecule has 0 unspecified atom stereocenters. The summed E-state index contributed by atoms with van der Waals surface area (Å²) in [6.07, 6.45) is -0.932. The number of carbonyl (C=O) groups is 2. The van der Waals surface area contributed by atoms with Gasteiger partial charge in [0.1, 0.15) is 23.5 Å². The van der Waals surface area contributed by atoms with Gasteiger partial charge in [0.25, 0.3) is 0 Å². The van der Waals surface area contributed by atoms with Crippen LogP contribution in [-0.4, -0.2) is 31.4 Å². The number of carbonyl (C=O) groups excluding carboxylic acids is 1. The maximum atomic E-state index is 13.4. The maximum absolute atomic E-state index is 13.4. The third kappa shape index (κ3) is 4.16. The molecule has 4 N–H and O–H groups in total. The summed E-state index contributed by atoms with van der Waals surface area (Å²) in [6, 6.07) is -1.79. The van der Waals surface area contributed by atoms with Crippen LogP contribution in [0.2, 0.25) is 0 Å². The second kappa shape index (κ2) is 6.10. The molecule has 1 aromatic rings. The highest BCUT2D eigenvalue weighted by Crippen LogP contribution is 2.20. The molecule has 0 aliphatic carbocycles. The fraction of sp³-hybridized carbons (Fsp3) is 0.200.